The van der Waals surface area contributed by atoms with Gasteiger partial charge in [0.1, 0.15) is 0 Å². The molecule has 1 amide bonds. The Hall–Kier alpha value is -3.64. The van der Waals surface area contributed by atoms with Crippen LogP contribution in [0.25, 0.3) is 5.57 Å². The molecule has 0 unspecified atom stereocenters. The largest absolute Gasteiger partial charge is 0.321 e. The number of fused-ring (bicyclic) bond motifs is 1. The molecule has 1 N–H and O–H groups in total. The molecule has 0 aliphatic carbocycles. The molecule has 1 aliphatic heterocycles. The van der Waals surface area contributed by atoms with Gasteiger partial charge >= 0.3 is 0 Å². The second-order valence-corrected chi connectivity index (χ2v) is 9.63. The summed E-state index contributed by atoms with van der Waals surface area (Å²) in [5.41, 5.74) is 4.74. The van der Waals surface area contributed by atoms with Crippen LogP contribution >= 0.6 is 0 Å². The van der Waals surface area contributed by atoms with E-state index in [4.69, 9.17) is 0 Å². The van der Waals surface area contributed by atoms with Gasteiger partial charge in [-0.15, -0.1) is 6.58 Å². The molecule has 0 saturated carbocycles. The number of carbonyl (C=O) groups excluding carboxylic acids is 1. The number of benzene rings is 3. The molecule has 0 fully saturated rings. The zero-order valence-electron chi connectivity index (χ0n) is 18.7. The number of para-hydroxylation sites is 2. The van der Waals surface area contributed by atoms with Gasteiger partial charge in [0, 0.05) is 16.8 Å². The van der Waals surface area contributed by atoms with Crippen LogP contribution in [0.2, 0.25) is 0 Å². The fraction of sp³-hybridized carbons (Fsp3) is 0.148. The van der Waals surface area contributed by atoms with E-state index >= 15 is 0 Å². The van der Waals surface area contributed by atoms with Crippen molar-refractivity contribution < 1.29 is 13.2 Å². The van der Waals surface area contributed by atoms with Gasteiger partial charge in [0.15, 0.2) is 4.91 Å². The number of anilines is 2. The first-order valence-electron chi connectivity index (χ1n) is 10.8. The Morgan fingerprint density at radius 2 is 1.70 bits per heavy atom. The minimum absolute atomic E-state index is 0.0583. The van der Waals surface area contributed by atoms with Crippen LogP contribution in [0.4, 0.5) is 11.4 Å². The molecule has 1 heterocycles. The summed E-state index contributed by atoms with van der Waals surface area (Å²) in [6.45, 7) is 7.68. The third-order valence-electron chi connectivity index (χ3n) is 5.76. The zero-order chi connectivity index (χ0) is 23.6. The quantitative estimate of drug-likeness (QED) is 0.510. The summed E-state index contributed by atoms with van der Waals surface area (Å²) in [7, 11) is -4.16. The van der Waals surface area contributed by atoms with Gasteiger partial charge in [-0.1, -0.05) is 79.7 Å². The SMILES string of the molecule is C=CCN1c2ccccc2C(c2ccccc2)=C(C(=O)Nc2c(C)cccc2CC)S1(=O)=O. The summed E-state index contributed by atoms with van der Waals surface area (Å²) in [6, 6.07) is 22.2. The van der Waals surface area contributed by atoms with Gasteiger partial charge in [-0.3, -0.25) is 9.10 Å². The van der Waals surface area contributed by atoms with Crippen molar-refractivity contribution in [3.8, 4) is 0 Å². The van der Waals surface area contributed by atoms with E-state index in [9.17, 15) is 13.2 Å². The van der Waals surface area contributed by atoms with Crippen molar-refractivity contribution in [3.05, 3.63) is 113 Å². The topological polar surface area (TPSA) is 66.5 Å². The number of nitrogens with one attached hydrogen (secondary N) is 1. The third kappa shape index (κ3) is 3.98. The van der Waals surface area contributed by atoms with Crippen molar-refractivity contribution in [2.45, 2.75) is 20.3 Å². The number of hydrogen-bond donors (Lipinski definition) is 1. The van der Waals surface area contributed by atoms with Gasteiger partial charge in [-0.25, -0.2) is 8.42 Å². The van der Waals surface area contributed by atoms with E-state index in [1.807, 2.05) is 74.5 Å². The molecule has 3 aromatic rings. The Bertz CT molecular complexity index is 1360. The number of nitrogens with zero attached hydrogens (tertiary/aromatic N) is 1. The van der Waals surface area contributed by atoms with Crippen LogP contribution in [0.15, 0.2) is 90.4 Å². The predicted octanol–water partition coefficient (Wildman–Crippen LogP) is 5.29. The van der Waals surface area contributed by atoms with Crippen LogP contribution in [0, 0.1) is 6.92 Å². The van der Waals surface area contributed by atoms with E-state index < -0.39 is 15.9 Å². The molecule has 33 heavy (non-hydrogen) atoms. The van der Waals surface area contributed by atoms with Crippen LogP contribution in [0.5, 0.6) is 0 Å². The third-order valence-corrected chi connectivity index (χ3v) is 7.59. The lowest BCUT2D eigenvalue weighted by atomic mass is 9.95. The lowest BCUT2D eigenvalue weighted by molar-refractivity contribution is -0.112. The van der Waals surface area contributed by atoms with E-state index in [0.717, 1.165) is 11.1 Å². The minimum Gasteiger partial charge on any atom is -0.321 e. The second kappa shape index (κ2) is 9.08. The fourth-order valence-electron chi connectivity index (χ4n) is 4.20. The Morgan fingerprint density at radius 3 is 2.39 bits per heavy atom. The van der Waals surface area contributed by atoms with Crippen molar-refractivity contribution in [2.24, 2.45) is 0 Å². The number of hydrogen-bond acceptors (Lipinski definition) is 3. The van der Waals surface area contributed by atoms with E-state index in [1.165, 1.54) is 10.4 Å². The molecule has 0 bridgehead atoms. The molecule has 0 aromatic heterocycles. The molecule has 6 heteroatoms. The standard InChI is InChI=1S/C27H26N2O3S/c1-4-18-29-23-17-10-9-16-22(23)24(21-13-7-6-8-14-21)26(33(29,31)32)27(30)28-25-19(3)12-11-15-20(25)5-2/h4,6-17H,1,5,18H2,2-3H3,(H,28,30). The van der Waals surface area contributed by atoms with Gasteiger partial charge in [-0.05, 0) is 36.1 Å². The molecular formula is C27H26N2O3S. The maximum absolute atomic E-state index is 13.9. The first kappa shape index (κ1) is 22.6. The molecule has 3 aromatic carbocycles. The molecule has 1 aliphatic rings. The predicted molar refractivity (Wildman–Crippen MR) is 135 cm³/mol. The van der Waals surface area contributed by atoms with Crippen molar-refractivity contribution in [3.63, 3.8) is 0 Å². The maximum Gasteiger partial charge on any atom is 0.270 e. The smallest absolute Gasteiger partial charge is 0.270 e. The van der Waals surface area contributed by atoms with Crippen LogP contribution in [-0.2, 0) is 21.2 Å². The van der Waals surface area contributed by atoms with Crippen LogP contribution < -0.4 is 9.62 Å². The summed E-state index contributed by atoms with van der Waals surface area (Å²) in [5, 5.41) is 2.92. The second-order valence-electron chi connectivity index (χ2n) is 7.83. The molecular weight excluding hydrogens is 432 g/mol. The number of aryl methyl sites for hydroxylation is 2. The highest BCUT2D eigenvalue weighted by Crippen LogP contribution is 2.43. The molecule has 5 nitrogen and oxygen atoms in total. The van der Waals surface area contributed by atoms with Crippen molar-refractivity contribution in [1.82, 2.24) is 0 Å². The molecule has 0 saturated heterocycles. The number of carbonyl (C=O) groups is 1. The molecule has 0 spiro atoms. The van der Waals surface area contributed by atoms with E-state index in [0.29, 0.717) is 34.5 Å². The molecule has 4 rings (SSSR count). The zero-order valence-corrected chi connectivity index (χ0v) is 19.5. The number of sulfonamides is 1. The van der Waals surface area contributed by atoms with Gasteiger partial charge in [0.25, 0.3) is 15.9 Å². The first-order chi connectivity index (χ1) is 15.9. The van der Waals surface area contributed by atoms with E-state index in [2.05, 4.69) is 11.9 Å². The summed E-state index contributed by atoms with van der Waals surface area (Å²) in [6.07, 6.45) is 2.23. The molecule has 0 atom stereocenters. The first-order valence-corrected chi connectivity index (χ1v) is 12.3. The summed E-state index contributed by atoms with van der Waals surface area (Å²) >= 11 is 0. The number of amides is 1. The van der Waals surface area contributed by atoms with Crippen molar-refractivity contribution >= 4 is 32.9 Å². The highest BCUT2D eigenvalue weighted by atomic mass is 32.2. The van der Waals surface area contributed by atoms with Gasteiger partial charge < -0.3 is 5.32 Å². The van der Waals surface area contributed by atoms with Gasteiger partial charge in [0.05, 0.1) is 12.2 Å². The minimum atomic E-state index is -4.16. The lowest BCUT2D eigenvalue weighted by Crippen LogP contribution is -2.40. The Balaban J connectivity index is 2.00. The van der Waals surface area contributed by atoms with E-state index in [-0.39, 0.29) is 11.4 Å². The summed E-state index contributed by atoms with van der Waals surface area (Å²) in [5.74, 6) is -0.651. The average Bonchev–Trinajstić information content (AvgIpc) is 2.82. The summed E-state index contributed by atoms with van der Waals surface area (Å²) < 4.78 is 29.0. The van der Waals surface area contributed by atoms with Crippen LogP contribution in [0.3, 0.4) is 0 Å². The molecule has 0 radical (unpaired) electrons. The van der Waals surface area contributed by atoms with Gasteiger partial charge in [-0.2, -0.15) is 0 Å². The lowest BCUT2D eigenvalue weighted by Gasteiger charge is -2.33. The van der Waals surface area contributed by atoms with Crippen LogP contribution in [-0.4, -0.2) is 20.9 Å². The Labute approximate surface area is 195 Å². The van der Waals surface area contributed by atoms with E-state index in [1.54, 1.807) is 12.1 Å². The monoisotopic (exact) mass is 458 g/mol. The Morgan fingerprint density at radius 1 is 1.00 bits per heavy atom. The summed E-state index contributed by atoms with van der Waals surface area (Å²) in [4.78, 5) is 13.5. The van der Waals surface area contributed by atoms with Crippen LogP contribution in [0.1, 0.15) is 29.2 Å². The molecule has 168 valence electrons. The van der Waals surface area contributed by atoms with Crippen molar-refractivity contribution in [2.75, 3.05) is 16.2 Å². The van der Waals surface area contributed by atoms with Crippen molar-refractivity contribution in [1.29, 1.82) is 0 Å². The number of rotatable bonds is 6. The average molecular weight is 459 g/mol. The highest BCUT2D eigenvalue weighted by molar-refractivity contribution is 7.97. The Kier molecular flexibility index (Phi) is 6.20. The van der Waals surface area contributed by atoms with Gasteiger partial charge in [0.2, 0.25) is 0 Å². The maximum atomic E-state index is 13.9. The highest BCUT2D eigenvalue weighted by Gasteiger charge is 2.41. The normalized spacial score (nSPS) is 14.5. The fourth-order valence-corrected chi connectivity index (χ4v) is 5.91.